The highest BCUT2D eigenvalue weighted by Crippen LogP contribution is 2.18. The summed E-state index contributed by atoms with van der Waals surface area (Å²) in [6, 6.07) is 5.39. The number of amides is 2. The second-order valence-electron chi connectivity index (χ2n) is 6.73. The highest BCUT2D eigenvalue weighted by Gasteiger charge is 2.30. The molecule has 136 valence electrons. The van der Waals surface area contributed by atoms with Crippen molar-refractivity contribution in [1.29, 1.82) is 0 Å². The van der Waals surface area contributed by atoms with Crippen LogP contribution in [0.2, 0.25) is 0 Å². The molecule has 26 heavy (non-hydrogen) atoms. The average Bonchev–Trinajstić information content (AvgIpc) is 3.11. The third kappa shape index (κ3) is 3.39. The first kappa shape index (κ1) is 16.9. The fourth-order valence-electron chi connectivity index (χ4n) is 3.60. The number of ether oxygens (including phenoxy) is 1. The van der Waals surface area contributed by atoms with Crippen molar-refractivity contribution in [1.82, 2.24) is 19.8 Å². The van der Waals surface area contributed by atoms with Gasteiger partial charge in [-0.15, -0.1) is 0 Å². The van der Waals surface area contributed by atoms with Crippen molar-refractivity contribution in [2.75, 3.05) is 32.8 Å². The molecule has 0 radical (unpaired) electrons. The monoisotopic (exact) mass is 354 g/mol. The van der Waals surface area contributed by atoms with E-state index in [1.165, 1.54) is 0 Å². The number of hydrogen-bond donors (Lipinski definition) is 0. The third-order valence-electron chi connectivity index (χ3n) is 5.02. The van der Waals surface area contributed by atoms with Gasteiger partial charge in [0.1, 0.15) is 6.10 Å². The number of carbonyl (C=O) groups is 2. The standard InChI is InChI=1S/C19H22N4O3/c24-18(14-4-5-15-16(13-14)21-7-6-20-15)22-8-2-9-23(11-10-22)19(25)17-3-1-12-26-17/h4-7,13,17H,1-3,8-12H2/t17-/m0/s1. The topological polar surface area (TPSA) is 75.6 Å². The number of hydrogen-bond acceptors (Lipinski definition) is 5. The summed E-state index contributed by atoms with van der Waals surface area (Å²) in [7, 11) is 0. The van der Waals surface area contributed by atoms with Gasteiger partial charge in [-0.1, -0.05) is 0 Å². The van der Waals surface area contributed by atoms with E-state index in [0.717, 1.165) is 24.8 Å². The molecule has 7 heteroatoms. The number of benzene rings is 1. The first-order chi connectivity index (χ1) is 12.7. The van der Waals surface area contributed by atoms with Crippen LogP contribution in [0.4, 0.5) is 0 Å². The number of rotatable bonds is 2. The van der Waals surface area contributed by atoms with E-state index in [9.17, 15) is 9.59 Å². The van der Waals surface area contributed by atoms with Gasteiger partial charge in [0.25, 0.3) is 11.8 Å². The maximum absolute atomic E-state index is 12.9. The van der Waals surface area contributed by atoms with E-state index in [4.69, 9.17) is 4.74 Å². The predicted octanol–water partition coefficient (Wildman–Crippen LogP) is 1.48. The van der Waals surface area contributed by atoms with E-state index in [2.05, 4.69) is 9.97 Å². The van der Waals surface area contributed by atoms with Crippen LogP contribution in [0.3, 0.4) is 0 Å². The number of nitrogens with zero attached hydrogens (tertiary/aromatic N) is 4. The van der Waals surface area contributed by atoms with Gasteiger partial charge in [-0.3, -0.25) is 19.6 Å². The van der Waals surface area contributed by atoms with E-state index >= 15 is 0 Å². The molecule has 2 fully saturated rings. The minimum absolute atomic E-state index is 0.0241. The van der Waals surface area contributed by atoms with Crippen molar-refractivity contribution in [3.8, 4) is 0 Å². The molecule has 2 aliphatic heterocycles. The van der Waals surface area contributed by atoms with Crippen LogP contribution < -0.4 is 0 Å². The number of carbonyl (C=O) groups excluding carboxylic acids is 2. The molecular formula is C19H22N4O3. The maximum Gasteiger partial charge on any atom is 0.253 e. The Morgan fingerprint density at radius 2 is 1.73 bits per heavy atom. The summed E-state index contributed by atoms with van der Waals surface area (Å²) in [5.41, 5.74) is 2.09. The van der Waals surface area contributed by atoms with E-state index < -0.39 is 0 Å². The molecule has 1 aromatic heterocycles. The molecule has 0 bridgehead atoms. The average molecular weight is 354 g/mol. The Labute approximate surface area is 152 Å². The highest BCUT2D eigenvalue weighted by molar-refractivity contribution is 5.97. The summed E-state index contributed by atoms with van der Waals surface area (Å²) >= 11 is 0. The van der Waals surface area contributed by atoms with Gasteiger partial charge in [-0.05, 0) is 37.5 Å². The van der Waals surface area contributed by atoms with Crippen molar-refractivity contribution < 1.29 is 14.3 Å². The Kier molecular flexibility index (Phi) is 4.79. The summed E-state index contributed by atoms with van der Waals surface area (Å²) in [4.78, 5) is 37.6. The second kappa shape index (κ2) is 7.37. The molecule has 2 amide bonds. The van der Waals surface area contributed by atoms with Gasteiger partial charge in [-0.25, -0.2) is 0 Å². The van der Waals surface area contributed by atoms with Crippen LogP contribution in [0.5, 0.6) is 0 Å². The Balaban J connectivity index is 1.44. The van der Waals surface area contributed by atoms with E-state index in [1.54, 1.807) is 24.5 Å². The van der Waals surface area contributed by atoms with Crippen LogP contribution >= 0.6 is 0 Å². The van der Waals surface area contributed by atoms with Crippen LogP contribution in [-0.4, -0.2) is 70.5 Å². The Bertz CT molecular complexity index is 819. The molecule has 0 saturated carbocycles. The molecule has 4 rings (SSSR count). The summed E-state index contributed by atoms with van der Waals surface area (Å²) in [6.45, 7) is 3.08. The van der Waals surface area contributed by atoms with Crippen molar-refractivity contribution in [3.05, 3.63) is 36.2 Å². The fourth-order valence-corrected chi connectivity index (χ4v) is 3.60. The summed E-state index contributed by atoms with van der Waals surface area (Å²) in [5, 5.41) is 0. The SMILES string of the molecule is O=C(c1ccc2nccnc2c1)N1CCCN(C(=O)[C@@H]2CCCO2)CC1. The van der Waals surface area contributed by atoms with Gasteiger partial charge in [-0.2, -0.15) is 0 Å². The van der Waals surface area contributed by atoms with Crippen molar-refractivity contribution in [3.63, 3.8) is 0 Å². The zero-order valence-corrected chi connectivity index (χ0v) is 14.6. The third-order valence-corrected chi connectivity index (χ3v) is 5.02. The minimum atomic E-state index is -0.295. The lowest BCUT2D eigenvalue weighted by molar-refractivity contribution is -0.140. The van der Waals surface area contributed by atoms with Gasteiger partial charge in [0.2, 0.25) is 0 Å². The molecule has 0 N–H and O–H groups in total. The van der Waals surface area contributed by atoms with Crippen LogP contribution in [0.1, 0.15) is 29.6 Å². The van der Waals surface area contributed by atoms with Gasteiger partial charge >= 0.3 is 0 Å². The molecule has 2 aromatic rings. The molecule has 3 heterocycles. The van der Waals surface area contributed by atoms with Gasteiger partial charge in [0.05, 0.1) is 11.0 Å². The van der Waals surface area contributed by atoms with E-state index in [1.807, 2.05) is 15.9 Å². The van der Waals surface area contributed by atoms with Gasteiger partial charge < -0.3 is 14.5 Å². The van der Waals surface area contributed by atoms with Gasteiger partial charge in [0, 0.05) is 50.7 Å². The lowest BCUT2D eigenvalue weighted by Crippen LogP contribution is -2.41. The fraction of sp³-hybridized carbons (Fsp3) is 0.474. The molecule has 2 aliphatic rings. The molecule has 0 spiro atoms. The number of fused-ring (bicyclic) bond motifs is 1. The van der Waals surface area contributed by atoms with E-state index in [0.29, 0.717) is 43.9 Å². The van der Waals surface area contributed by atoms with Crippen LogP contribution in [0.15, 0.2) is 30.6 Å². The Hall–Kier alpha value is -2.54. The van der Waals surface area contributed by atoms with E-state index in [-0.39, 0.29) is 17.9 Å². The lowest BCUT2D eigenvalue weighted by atomic mass is 10.1. The molecule has 0 aliphatic carbocycles. The van der Waals surface area contributed by atoms with Crippen molar-refractivity contribution in [2.24, 2.45) is 0 Å². The van der Waals surface area contributed by atoms with Crippen LogP contribution in [-0.2, 0) is 9.53 Å². The smallest absolute Gasteiger partial charge is 0.253 e. The first-order valence-electron chi connectivity index (χ1n) is 9.13. The zero-order valence-electron chi connectivity index (χ0n) is 14.6. The number of aromatic nitrogens is 2. The Morgan fingerprint density at radius 1 is 0.962 bits per heavy atom. The maximum atomic E-state index is 12.9. The minimum Gasteiger partial charge on any atom is -0.368 e. The van der Waals surface area contributed by atoms with Crippen LogP contribution in [0.25, 0.3) is 11.0 Å². The molecular weight excluding hydrogens is 332 g/mol. The van der Waals surface area contributed by atoms with Gasteiger partial charge in [0.15, 0.2) is 0 Å². The van der Waals surface area contributed by atoms with Crippen LogP contribution in [0, 0.1) is 0 Å². The first-order valence-corrected chi connectivity index (χ1v) is 9.13. The molecule has 0 unspecified atom stereocenters. The highest BCUT2D eigenvalue weighted by atomic mass is 16.5. The zero-order chi connectivity index (χ0) is 17.9. The summed E-state index contributed by atoms with van der Waals surface area (Å²) < 4.78 is 5.51. The molecule has 1 atom stereocenters. The Morgan fingerprint density at radius 3 is 2.54 bits per heavy atom. The van der Waals surface area contributed by atoms with Crippen molar-refractivity contribution in [2.45, 2.75) is 25.4 Å². The predicted molar refractivity (Wildman–Crippen MR) is 95.6 cm³/mol. The molecule has 7 nitrogen and oxygen atoms in total. The summed E-state index contributed by atoms with van der Waals surface area (Å²) in [5.74, 6) is 0.0433. The van der Waals surface area contributed by atoms with Crippen molar-refractivity contribution >= 4 is 22.8 Å². The largest absolute Gasteiger partial charge is 0.368 e. The second-order valence-corrected chi connectivity index (χ2v) is 6.73. The normalized spacial score (nSPS) is 21.0. The molecule has 1 aromatic carbocycles. The molecule has 2 saturated heterocycles. The summed E-state index contributed by atoms with van der Waals surface area (Å²) in [6.07, 6.45) is 5.49. The quantitative estimate of drug-likeness (QED) is 0.817. The lowest BCUT2D eigenvalue weighted by Gasteiger charge is -2.24.